The van der Waals surface area contributed by atoms with Gasteiger partial charge in [-0.2, -0.15) is 0 Å². The van der Waals surface area contributed by atoms with Gasteiger partial charge in [0.15, 0.2) is 0 Å². The van der Waals surface area contributed by atoms with Crippen LogP contribution in [0.3, 0.4) is 0 Å². The Labute approximate surface area is 95.8 Å². The average Bonchev–Trinajstić information content (AvgIpc) is 2.76. The third-order valence-electron chi connectivity index (χ3n) is 3.72. The Morgan fingerprint density at radius 2 is 2.00 bits per heavy atom. The number of amides is 1. The minimum Gasteiger partial charge on any atom is -0.392 e. The van der Waals surface area contributed by atoms with Gasteiger partial charge in [0.2, 0.25) is 5.91 Å². The molecule has 2 aliphatic rings. The largest absolute Gasteiger partial charge is 0.392 e. The molecule has 2 saturated carbocycles. The molecule has 2 fully saturated rings. The number of carbonyl (C=O) groups is 1. The Morgan fingerprint density at radius 1 is 1.47 bits per heavy atom. The number of hydrogen-bond acceptors (Lipinski definition) is 2. The molecule has 0 aromatic rings. The smallest absolute Gasteiger partial charge is 0.233 e. The molecular weight excluding hydrogens is 208 g/mol. The van der Waals surface area contributed by atoms with Crippen molar-refractivity contribution >= 4 is 23.1 Å². The first-order valence-electron chi connectivity index (χ1n) is 5.50. The van der Waals surface area contributed by atoms with Gasteiger partial charge in [-0.15, -0.1) is 0 Å². The molecule has 0 aromatic carbocycles. The first-order valence-corrected chi connectivity index (χ1v) is 5.91. The second-order valence-electron chi connectivity index (χ2n) is 5.47. The van der Waals surface area contributed by atoms with Crippen LogP contribution in [0.15, 0.2) is 0 Å². The Balaban J connectivity index is 2.06. The van der Waals surface area contributed by atoms with Crippen molar-refractivity contribution < 1.29 is 4.79 Å². The lowest BCUT2D eigenvalue weighted by atomic mass is 9.62. The van der Waals surface area contributed by atoms with Crippen molar-refractivity contribution in [3.05, 3.63) is 0 Å². The van der Waals surface area contributed by atoms with Gasteiger partial charge in [-0.25, -0.2) is 0 Å². The molecule has 1 amide bonds. The van der Waals surface area contributed by atoms with Crippen molar-refractivity contribution in [3.8, 4) is 0 Å². The molecule has 0 unspecified atom stereocenters. The highest BCUT2D eigenvalue weighted by Crippen LogP contribution is 2.47. The summed E-state index contributed by atoms with van der Waals surface area (Å²) in [7, 11) is 0. The number of nitrogens with two attached hydrogens (primary N) is 1. The molecule has 0 aromatic heterocycles. The highest BCUT2D eigenvalue weighted by Gasteiger charge is 2.53. The maximum absolute atomic E-state index is 12.1. The molecule has 2 aliphatic carbocycles. The van der Waals surface area contributed by atoms with Crippen molar-refractivity contribution in [3.63, 3.8) is 0 Å². The Kier molecular flexibility index (Phi) is 2.30. The van der Waals surface area contributed by atoms with Gasteiger partial charge in [0.25, 0.3) is 0 Å². The topological polar surface area (TPSA) is 55.1 Å². The van der Waals surface area contributed by atoms with Gasteiger partial charge in [-0.05, 0) is 38.5 Å². The molecule has 2 rings (SSSR count). The second-order valence-corrected chi connectivity index (χ2v) is 5.91. The van der Waals surface area contributed by atoms with Crippen LogP contribution in [-0.2, 0) is 4.79 Å². The molecule has 0 saturated heterocycles. The molecule has 4 heteroatoms. The number of hydrogen-bond donors (Lipinski definition) is 2. The first kappa shape index (κ1) is 10.9. The van der Waals surface area contributed by atoms with Crippen LogP contribution in [0.5, 0.6) is 0 Å². The molecule has 0 atom stereocenters. The quantitative estimate of drug-likeness (QED) is 0.714. The molecule has 0 radical (unpaired) electrons. The minimum absolute atomic E-state index is 0.0215. The third-order valence-corrected chi connectivity index (χ3v) is 4.11. The molecule has 15 heavy (non-hydrogen) atoms. The van der Waals surface area contributed by atoms with E-state index in [2.05, 4.69) is 19.2 Å². The minimum atomic E-state index is -0.541. The van der Waals surface area contributed by atoms with Crippen molar-refractivity contribution in [2.75, 3.05) is 0 Å². The normalized spacial score (nSPS) is 36.5. The summed E-state index contributed by atoms with van der Waals surface area (Å²) >= 11 is 5.04. The van der Waals surface area contributed by atoms with Crippen LogP contribution in [0.25, 0.3) is 0 Å². The number of rotatable bonds is 3. The van der Waals surface area contributed by atoms with Crippen LogP contribution in [0.1, 0.15) is 39.5 Å². The van der Waals surface area contributed by atoms with E-state index in [-0.39, 0.29) is 11.4 Å². The molecule has 0 spiro atoms. The van der Waals surface area contributed by atoms with E-state index in [0.29, 0.717) is 10.9 Å². The molecule has 3 nitrogen and oxygen atoms in total. The summed E-state index contributed by atoms with van der Waals surface area (Å²) in [4.78, 5) is 12.5. The monoisotopic (exact) mass is 226 g/mol. The van der Waals surface area contributed by atoms with Crippen LogP contribution < -0.4 is 11.1 Å². The van der Waals surface area contributed by atoms with Gasteiger partial charge < -0.3 is 11.1 Å². The summed E-state index contributed by atoms with van der Waals surface area (Å²) < 4.78 is 0. The maximum Gasteiger partial charge on any atom is 0.233 e. The molecular formula is C11H18N2OS. The lowest BCUT2D eigenvalue weighted by molar-refractivity contribution is -0.133. The molecule has 3 N–H and O–H groups in total. The van der Waals surface area contributed by atoms with Crippen LogP contribution in [0, 0.1) is 11.3 Å². The van der Waals surface area contributed by atoms with Crippen LogP contribution >= 0.6 is 12.2 Å². The third kappa shape index (κ3) is 1.75. The Morgan fingerprint density at radius 3 is 2.33 bits per heavy atom. The maximum atomic E-state index is 12.1. The van der Waals surface area contributed by atoms with Gasteiger partial charge in [-0.3, -0.25) is 4.79 Å². The fourth-order valence-electron chi connectivity index (χ4n) is 2.33. The summed E-state index contributed by atoms with van der Waals surface area (Å²) in [5, 5.41) is 3.07. The predicted octanol–water partition coefficient (Wildman–Crippen LogP) is 1.36. The average molecular weight is 226 g/mol. The van der Waals surface area contributed by atoms with E-state index in [4.69, 9.17) is 18.0 Å². The van der Waals surface area contributed by atoms with Gasteiger partial charge in [0.05, 0.1) is 10.4 Å². The van der Waals surface area contributed by atoms with Gasteiger partial charge >= 0.3 is 0 Å². The van der Waals surface area contributed by atoms with Crippen LogP contribution in [0.4, 0.5) is 0 Å². The molecule has 0 aliphatic heterocycles. The zero-order valence-electron chi connectivity index (χ0n) is 9.30. The number of carbonyl (C=O) groups excluding carboxylic acids is 1. The zero-order chi connectivity index (χ0) is 11.3. The highest BCUT2D eigenvalue weighted by atomic mass is 32.1. The lowest BCUT2D eigenvalue weighted by Gasteiger charge is -2.44. The van der Waals surface area contributed by atoms with E-state index >= 15 is 0 Å². The van der Waals surface area contributed by atoms with Crippen LogP contribution in [-0.4, -0.2) is 16.4 Å². The summed E-state index contributed by atoms with van der Waals surface area (Å²) in [5.41, 5.74) is 5.19. The van der Waals surface area contributed by atoms with E-state index in [9.17, 15) is 4.79 Å². The van der Waals surface area contributed by atoms with Crippen molar-refractivity contribution in [1.29, 1.82) is 0 Å². The van der Waals surface area contributed by atoms with E-state index in [1.165, 1.54) is 0 Å². The van der Waals surface area contributed by atoms with Crippen molar-refractivity contribution in [1.82, 2.24) is 5.32 Å². The lowest BCUT2D eigenvalue weighted by Crippen LogP contribution is -2.57. The first-order chi connectivity index (χ1) is 6.88. The summed E-state index contributed by atoms with van der Waals surface area (Å²) in [6.07, 6.45) is 3.76. The Hall–Kier alpha value is -0.640. The van der Waals surface area contributed by atoms with Crippen LogP contribution in [0.2, 0.25) is 0 Å². The van der Waals surface area contributed by atoms with Crippen molar-refractivity contribution in [2.45, 2.75) is 45.1 Å². The van der Waals surface area contributed by atoms with E-state index < -0.39 is 5.41 Å². The highest BCUT2D eigenvalue weighted by molar-refractivity contribution is 7.80. The Bertz CT molecular complexity index is 317. The molecule has 0 heterocycles. The summed E-state index contributed by atoms with van der Waals surface area (Å²) in [5.74, 6) is 0.609. The summed E-state index contributed by atoms with van der Waals surface area (Å²) in [6.45, 7) is 4.20. The van der Waals surface area contributed by atoms with Gasteiger partial charge in [-0.1, -0.05) is 19.1 Å². The SMILES string of the molecule is CC1CC(C(=O)NC2(C)CC2)(C(N)=S)C1. The standard InChI is InChI=1S/C11H18N2OS/c1-7-5-11(6-7,8(12)15)9(14)13-10(2)3-4-10/h7H,3-6H2,1-2H3,(H2,12,15)(H,13,14). The number of nitrogens with one attached hydrogen (secondary N) is 1. The second kappa shape index (κ2) is 3.17. The van der Waals surface area contributed by atoms with E-state index in [1.807, 2.05) is 0 Å². The van der Waals surface area contributed by atoms with E-state index in [1.54, 1.807) is 0 Å². The van der Waals surface area contributed by atoms with E-state index in [0.717, 1.165) is 25.7 Å². The summed E-state index contributed by atoms with van der Waals surface area (Å²) in [6, 6.07) is 0. The van der Waals surface area contributed by atoms with Gasteiger partial charge in [0, 0.05) is 5.54 Å². The fourth-order valence-corrected chi connectivity index (χ4v) is 2.59. The fraction of sp³-hybridized carbons (Fsp3) is 0.818. The zero-order valence-corrected chi connectivity index (χ0v) is 10.1. The number of thiocarbonyl (C=S) groups is 1. The molecule has 0 bridgehead atoms. The van der Waals surface area contributed by atoms with Crippen molar-refractivity contribution in [2.24, 2.45) is 17.1 Å². The predicted molar refractivity (Wildman–Crippen MR) is 63.4 cm³/mol. The molecule has 84 valence electrons. The van der Waals surface area contributed by atoms with Gasteiger partial charge in [0.1, 0.15) is 0 Å².